The fraction of sp³-hybridized carbons (Fsp3) is 0.333. The van der Waals surface area contributed by atoms with E-state index in [1.54, 1.807) is 0 Å². The molecule has 27 heavy (non-hydrogen) atoms. The van der Waals surface area contributed by atoms with E-state index < -0.39 is 16.8 Å². The average molecular weight is 409 g/mol. The number of methoxy groups -OCH3 is 1. The van der Waals surface area contributed by atoms with E-state index in [9.17, 15) is 19.7 Å². The highest BCUT2D eigenvalue weighted by Gasteiger charge is 2.29. The molecular formula is C18H17ClN2O5S. The molecule has 0 radical (unpaired) electrons. The zero-order valence-electron chi connectivity index (χ0n) is 14.7. The number of carbonyl (C=O) groups excluding carboxylic acids is 2. The second kappa shape index (κ2) is 7.66. The number of carbonyl (C=O) groups is 2. The minimum atomic E-state index is -0.586. The van der Waals surface area contributed by atoms with Gasteiger partial charge >= 0.3 is 5.97 Å². The van der Waals surface area contributed by atoms with Crippen LogP contribution < -0.4 is 5.32 Å². The number of rotatable bonds is 4. The Morgan fingerprint density at radius 1 is 1.41 bits per heavy atom. The Bertz CT molecular complexity index is 940. The Hall–Kier alpha value is -2.45. The Balaban J connectivity index is 1.94. The van der Waals surface area contributed by atoms with Gasteiger partial charge in [-0.05, 0) is 36.8 Å². The molecule has 1 N–H and O–H groups in total. The SMILES string of the molecule is COC(=O)c1c(NC(=O)c2ccc([N+](=O)[O-])cc2Cl)sc2c1CC[C@H](C)C2. The quantitative estimate of drug-likeness (QED) is 0.457. The fourth-order valence-electron chi connectivity index (χ4n) is 3.13. The minimum Gasteiger partial charge on any atom is -0.465 e. The summed E-state index contributed by atoms with van der Waals surface area (Å²) in [7, 11) is 1.30. The number of esters is 1. The molecule has 1 aromatic carbocycles. The number of ether oxygens (including phenoxy) is 1. The zero-order chi connectivity index (χ0) is 19.7. The number of anilines is 1. The van der Waals surface area contributed by atoms with Crippen molar-refractivity contribution in [2.75, 3.05) is 12.4 Å². The number of fused-ring (bicyclic) bond motifs is 1. The number of nitro groups is 1. The largest absolute Gasteiger partial charge is 0.465 e. The number of nitrogens with one attached hydrogen (secondary N) is 1. The van der Waals surface area contributed by atoms with E-state index in [0.29, 0.717) is 16.5 Å². The molecule has 1 aromatic heterocycles. The lowest BCUT2D eigenvalue weighted by Gasteiger charge is -2.18. The van der Waals surface area contributed by atoms with Gasteiger partial charge in [-0.3, -0.25) is 14.9 Å². The normalized spacial score (nSPS) is 15.7. The Morgan fingerprint density at radius 2 is 2.15 bits per heavy atom. The maximum Gasteiger partial charge on any atom is 0.341 e. The molecule has 1 aliphatic carbocycles. The average Bonchev–Trinajstić information content (AvgIpc) is 2.97. The monoisotopic (exact) mass is 408 g/mol. The van der Waals surface area contributed by atoms with Crippen molar-refractivity contribution in [1.29, 1.82) is 0 Å². The lowest BCUT2D eigenvalue weighted by Crippen LogP contribution is -2.16. The number of non-ortho nitro benzene ring substituents is 1. The third-order valence-corrected chi connectivity index (χ3v) is 6.02. The highest BCUT2D eigenvalue weighted by atomic mass is 35.5. The van der Waals surface area contributed by atoms with Crippen LogP contribution in [-0.2, 0) is 17.6 Å². The van der Waals surface area contributed by atoms with Crippen molar-refractivity contribution in [3.05, 3.63) is 54.9 Å². The molecule has 1 heterocycles. The van der Waals surface area contributed by atoms with Gasteiger partial charge in [0.05, 0.1) is 28.2 Å². The number of halogens is 1. The van der Waals surface area contributed by atoms with Crippen molar-refractivity contribution in [3.63, 3.8) is 0 Å². The van der Waals surface area contributed by atoms with E-state index in [0.717, 1.165) is 35.8 Å². The van der Waals surface area contributed by atoms with Gasteiger partial charge in [-0.2, -0.15) is 0 Å². The van der Waals surface area contributed by atoms with Crippen molar-refractivity contribution in [1.82, 2.24) is 0 Å². The van der Waals surface area contributed by atoms with Crippen molar-refractivity contribution in [2.45, 2.75) is 26.2 Å². The predicted octanol–water partition coefficient (Wildman–Crippen LogP) is 4.47. The van der Waals surface area contributed by atoms with Crippen LogP contribution in [0.1, 0.15) is 44.5 Å². The van der Waals surface area contributed by atoms with E-state index in [4.69, 9.17) is 16.3 Å². The van der Waals surface area contributed by atoms with Gasteiger partial charge in [-0.1, -0.05) is 18.5 Å². The van der Waals surface area contributed by atoms with Gasteiger partial charge in [0.2, 0.25) is 0 Å². The number of amides is 1. The molecule has 0 bridgehead atoms. The highest BCUT2D eigenvalue weighted by molar-refractivity contribution is 7.17. The molecule has 0 saturated carbocycles. The smallest absolute Gasteiger partial charge is 0.341 e. The van der Waals surface area contributed by atoms with Gasteiger partial charge in [-0.25, -0.2) is 4.79 Å². The summed E-state index contributed by atoms with van der Waals surface area (Å²) in [5, 5.41) is 13.9. The zero-order valence-corrected chi connectivity index (χ0v) is 16.3. The number of hydrogen-bond donors (Lipinski definition) is 1. The summed E-state index contributed by atoms with van der Waals surface area (Å²) in [6.07, 6.45) is 2.57. The summed E-state index contributed by atoms with van der Waals surface area (Å²) in [5.41, 5.74) is 1.20. The first kappa shape index (κ1) is 19.3. The van der Waals surface area contributed by atoms with Crippen molar-refractivity contribution in [3.8, 4) is 0 Å². The number of benzene rings is 1. The third-order valence-electron chi connectivity index (χ3n) is 4.54. The minimum absolute atomic E-state index is 0.0312. The second-order valence-corrected chi connectivity index (χ2v) is 7.94. The van der Waals surface area contributed by atoms with E-state index in [1.807, 2.05) is 0 Å². The van der Waals surface area contributed by atoms with Gasteiger partial charge < -0.3 is 10.1 Å². The molecule has 0 saturated heterocycles. The predicted molar refractivity (Wildman–Crippen MR) is 103 cm³/mol. The van der Waals surface area contributed by atoms with Crippen molar-refractivity contribution < 1.29 is 19.2 Å². The van der Waals surface area contributed by atoms with Crippen LogP contribution in [0.2, 0.25) is 5.02 Å². The van der Waals surface area contributed by atoms with Gasteiger partial charge in [0, 0.05) is 17.0 Å². The van der Waals surface area contributed by atoms with Gasteiger partial charge in [0.25, 0.3) is 11.6 Å². The van der Waals surface area contributed by atoms with Crippen LogP contribution in [0.3, 0.4) is 0 Å². The van der Waals surface area contributed by atoms with Crippen LogP contribution in [0.15, 0.2) is 18.2 Å². The number of hydrogen-bond acceptors (Lipinski definition) is 6. The molecule has 142 valence electrons. The maximum atomic E-state index is 12.6. The van der Waals surface area contributed by atoms with Gasteiger partial charge in [0.1, 0.15) is 5.00 Å². The second-order valence-electron chi connectivity index (χ2n) is 6.42. The van der Waals surface area contributed by atoms with Crippen LogP contribution >= 0.6 is 22.9 Å². The van der Waals surface area contributed by atoms with E-state index >= 15 is 0 Å². The topological polar surface area (TPSA) is 98.5 Å². The van der Waals surface area contributed by atoms with Gasteiger partial charge in [0.15, 0.2) is 0 Å². The first-order valence-electron chi connectivity index (χ1n) is 8.30. The van der Waals surface area contributed by atoms with Crippen LogP contribution in [0.4, 0.5) is 10.7 Å². The number of nitrogens with zero attached hydrogens (tertiary/aromatic N) is 1. The summed E-state index contributed by atoms with van der Waals surface area (Å²) in [4.78, 5) is 36.2. The molecule has 0 unspecified atom stereocenters. The van der Waals surface area contributed by atoms with Crippen molar-refractivity contribution >= 4 is 45.5 Å². The lowest BCUT2D eigenvalue weighted by atomic mass is 9.88. The van der Waals surface area contributed by atoms with Crippen LogP contribution in [0.25, 0.3) is 0 Å². The van der Waals surface area contributed by atoms with E-state index in [2.05, 4.69) is 12.2 Å². The Kier molecular flexibility index (Phi) is 5.48. The first-order valence-corrected chi connectivity index (χ1v) is 9.49. The van der Waals surface area contributed by atoms with E-state index in [-0.39, 0.29) is 16.3 Å². The molecule has 1 aliphatic rings. The summed E-state index contributed by atoms with van der Waals surface area (Å²) in [6.45, 7) is 2.15. The molecule has 3 rings (SSSR count). The molecular weight excluding hydrogens is 392 g/mol. The molecule has 0 fully saturated rings. The molecule has 0 aliphatic heterocycles. The van der Waals surface area contributed by atoms with Crippen molar-refractivity contribution in [2.24, 2.45) is 5.92 Å². The van der Waals surface area contributed by atoms with Crippen LogP contribution in [-0.4, -0.2) is 23.9 Å². The number of thiophene rings is 1. The third kappa shape index (κ3) is 3.81. The summed E-state index contributed by atoms with van der Waals surface area (Å²) >= 11 is 7.39. The summed E-state index contributed by atoms with van der Waals surface area (Å²) in [6, 6.07) is 3.63. The maximum absolute atomic E-state index is 12.6. The fourth-order valence-corrected chi connectivity index (χ4v) is 4.78. The Morgan fingerprint density at radius 3 is 2.78 bits per heavy atom. The molecule has 1 atom stereocenters. The summed E-state index contributed by atoms with van der Waals surface area (Å²) in [5.74, 6) is -0.520. The highest BCUT2D eigenvalue weighted by Crippen LogP contribution is 2.40. The van der Waals surface area contributed by atoms with Crippen LogP contribution in [0, 0.1) is 16.0 Å². The molecule has 7 nitrogen and oxygen atoms in total. The van der Waals surface area contributed by atoms with Crippen LogP contribution in [0.5, 0.6) is 0 Å². The summed E-state index contributed by atoms with van der Waals surface area (Å²) < 4.78 is 4.90. The molecule has 2 aromatic rings. The number of nitro benzene ring substituents is 1. The standard InChI is InChI=1S/C18H17ClN2O5S/c1-9-3-5-12-14(7-9)27-17(15(12)18(23)26-2)20-16(22)11-6-4-10(21(24)25)8-13(11)19/h4,6,8-9H,3,5,7H2,1-2H3,(H,20,22)/t9-/m0/s1. The molecule has 0 spiro atoms. The first-order chi connectivity index (χ1) is 12.8. The van der Waals surface area contributed by atoms with Gasteiger partial charge in [-0.15, -0.1) is 11.3 Å². The Labute approximate surface area is 164 Å². The lowest BCUT2D eigenvalue weighted by molar-refractivity contribution is -0.384. The molecule has 1 amide bonds. The molecule has 9 heteroatoms. The van der Waals surface area contributed by atoms with E-state index in [1.165, 1.54) is 30.6 Å².